The lowest BCUT2D eigenvalue weighted by atomic mass is 10.2. The van der Waals surface area contributed by atoms with Crippen LogP contribution in [0.5, 0.6) is 0 Å². The van der Waals surface area contributed by atoms with E-state index in [4.69, 9.17) is 14.7 Å². The number of rotatable bonds is 4. The number of hydrogen-bond donors (Lipinski definition) is 2. The summed E-state index contributed by atoms with van der Waals surface area (Å²) in [6.07, 6.45) is 1.39. The Kier molecular flexibility index (Phi) is 3.97. The first-order chi connectivity index (χ1) is 8.74. The standard InChI is InChI=1S/C12H15N3O3/c1-2-18-11-7-17-6-10(11)15-12(16)9-3-8(4-13)5-14-9/h3,5,10-11,14H,2,6-7H2,1H3,(H,15,16)/t10-,11-/m0/s1. The van der Waals surface area contributed by atoms with Crippen LogP contribution in [0, 0.1) is 11.3 Å². The second kappa shape index (κ2) is 5.67. The summed E-state index contributed by atoms with van der Waals surface area (Å²) < 4.78 is 10.8. The third-order valence-corrected chi connectivity index (χ3v) is 2.78. The number of nitrogens with zero attached hydrogens (tertiary/aromatic N) is 1. The van der Waals surface area contributed by atoms with Crippen molar-refractivity contribution in [3.63, 3.8) is 0 Å². The number of nitriles is 1. The second-order valence-electron chi connectivity index (χ2n) is 4.03. The minimum absolute atomic E-state index is 0.107. The fourth-order valence-electron chi connectivity index (χ4n) is 1.88. The first-order valence-corrected chi connectivity index (χ1v) is 5.83. The van der Waals surface area contributed by atoms with Crippen molar-refractivity contribution in [2.24, 2.45) is 0 Å². The largest absolute Gasteiger partial charge is 0.376 e. The Labute approximate surface area is 105 Å². The van der Waals surface area contributed by atoms with E-state index in [1.165, 1.54) is 12.3 Å². The van der Waals surface area contributed by atoms with E-state index in [9.17, 15) is 4.79 Å². The van der Waals surface area contributed by atoms with Gasteiger partial charge in [-0.1, -0.05) is 0 Å². The highest BCUT2D eigenvalue weighted by atomic mass is 16.5. The molecular weight excluding hydrogens is 234 g/mol. The summed E-state index contributed by atoms with van der Waals surface area (Å²) in [6, 6.07) is 3.33. The maximum atomic E-state index is 11.9. The number of hydrogen-bond acceptors (Lipinski definition) is 4. The van der Waals surface area contributed by atoms with E-state index < -0.39 is 0 Å². The summed E-state index contributed by atoms with van der Waals surface area (Å²) in [5.41, 5.74) is 0.804. The number of nitrogens with one attached hydrogen (secondary N) is 2. The van der Waals surface area contributed by atoms with Crippen molar-refractivity contribution >= 4 is 5.91 Å². The molecular formula is C12H15N3O3. The van der Waals surface area contributed by atoms with Gasteiger partial charge >= 0.3 is 0 Å². The molecule has 1 aromatic heterocycles. The van der Waals surface area contributed by atoms with Gasteiger partial charge in [0.05, 0.1) is 24.8 Å². The highest BCUT2D eigenvalue weighted by molar-refractivity contribution is 5.93. The minimum Gasteiger partial charge on any atom is -0.376 e. The molecule has 6 nitrogen and oxygen atoms in total. The van der Waals surface area contributed by atoms with Crippen molar-refractivity contribution in [3.8, 4) is 6.07 Å². The molecule has 2 N–H and O–H groups in total. The van der Waals surface area contributed by atoms with Crippen LogP contribution in [0.3, 0.4) is 0 Å². The highest BCUT2D eigenvalue weighted by Gasteiger charge is 2.30. The van der Waals surface area contributed by atoms with Gasteiger partial charge in [-0.25, -0.2) is 0 Å². The molecule has 0 radical (unpaired) electrons. The van der Waals surface area contributed by atoms with E-state index in [0.29, 0.717) is 31.1 Å². The molecule has 1 amide bonds. The molecule has 2 rings (SSSR count). The van der Waals surface area contributed by atoms with Gasteiger partial charge < -0.3 is 19.8 Å². The average Bonchev–Trinajstić information content (AvgIpc) is 2.99. The Hall–Kier alpha value is -1.84. The van der Waals surface area contributed by atoms with Gasteiger partial charge in [-0.2, -0.15) is 5.26 Å². The molecule has 0 unspecified atom stereocenters. The Morgan fingerprint density at radius 2 is 2.56 bits per heavy atom. The van der Waals surface area contributed by atoms with Crippen LogP contribution < -0.4 is 5.32 Å². The van der Waals surface area contributed by atoms with Gasteiger partial charge in [0.15, 0.2) is 0 Å². The smallest absolute Gasteiger partial charge is 0.268 e. The van der Waals surface area contributed by atoms with Gasteiger partial charge in [0, 0.05) is 12.8 Å². The molecule has 0 spiro atoms. The molecule has 0 bridgehead atoms. The lowest BCUT2D eigenvalue weighted by molar-refractivity contribution is 0.0402. The van der Waals surface area contributed by atoms with Crippen LogP contribution in [0.1, 0.15) is 23.0 Å². The summed E-state index contributed by atoms with van der Waals surface area (Å²) in [6.45, 7) is 3.43. The van der Waals surface area contributed by atoms with E-state index >= 15 is 0 Å². The molecule has 18 heavy (non-hydrogen) atoms. The fraction of sp³-hybridized carbons (Fsp3) is 0.500. The number of carbonyl (C=O) groups is 1. The maximum Gasteiger partial charge on any atom is 0.268 e. The zero-order chi connectivity index (χ0) is 13.0. The molecule has 1 saturated heterocycles. The van der Waals surface area contributed by atoms with E-state index in [1.807, 2.05) is 13.0 Å². The van der Waals surface area contributed by atoms with Crippen molar-refractivity contribution in [2.75, 3.05) is 19.8 Å². The highest BCUT2D eigenvalue weighted by Crippen LogP contribution is 2.11. The number of amides is 1. The number of ether oxygens (including phenoxy) is 2. The average molecular weight is 249 g/mol. The first kappa shape index (κ1) is 12.6. The van der Waals surface area contributed by atoms with Crippen LogP contribution in [0.15, 0.2) is 12.3 Å². The van der Waals surface area contributed by atoms with E-state index in [-0.39, 0.29) is 18.1 Å². The quantitative estimate of drug-likeness (QED) is 0.809. The predicted molar refractivity (Wildman–Crippen MR) is 63.0 cm³/mol. The van der Waals surface area contributed by atoms with Gasteiger partial charge in [0.1, 0.15) is 17.9 Å². The van der Waals surface area contributed by atoms with Gasteiger partial charge in [-0.05, 0) is 13.0 Å². The maximum absolute atomic E-state index is 11.9. The summed E-state index contributed by atoms with van der Waals surface area (Å²) in [7, 11) is 0. The molecule has 1 fully saturated rings. The van der Waals surface area contributed by atoms with Crippen LogP contribution in [0.4, 0.5) is 0 Å². The van der Waals surface area contributed by atoms with E-state index in [0.717, 1.165) is 0 Å². The van der Waals surface area contributed by atoms with Gasteiger partial charge in [-0.3, -0.25) is 4.79 Å². The number of aromatic amines is 1. The molecule has 1 aliphatic heterocycles. The van der Waals surface area contributed by atoms with Crippen LogP contribution in [0.25, 0.3) is 0 Å². The summed E-state index contributed by atoms with van der Waals surface area (Å²) >= 11 is 0. The third-order valence-electron chi connectivity index (χ3n) is 2.78. The molecule has 0 aliphatic carbocycles. The minimum atomic E-state index is -0.253. The lowest BCUT2D eigenvalue weighted by Crippen LogP contribution is -2.43. The molecule has 2 heterocycles. The van der Waals surface area contributed by atoms with Gasteiger partial charge in [0.25, 0.3) is 5.91 Å². The van der Waals surface area contributed by atoms with Gasteiger partial charge in [0.2, 0.25) is 0 Å². The molecule has 1 aliphatic rings. The molecule has 6 heteroatoms. The van der Waals surface area contributed by atoms with E-state index in [2.05, 4.69) is 10.3 Å². The van der Waals surface area contributed by atoms with Crippen LogP contribution >= 0.6 is 0 Å². The predicted octanol–water partition coefficient (Wildman–Crippen LogP) is 0.420. The Morgan fingerprint density at radius 3 is 3.22 bits per heavy atom. The molecule has 0 saturated carbocycles. The molecule has 1 aromatic rings. The Morgan fingerprint density at radius 1 is 1.72 bits per heavy atom. The van der Waals surface area contributed by atoms with Crippen molar-refractivity contribution in [2.45, 2.75) is 19.1 Å². The van der Waals surface area contributed by atoms with Crippen LogP contribution in [-0.2, 0) is 9.47 Å². The molecule has 2 atom stereocenters. The molecule has 96 valence electrons. The summed E-state index contributed by atoms with van der Waals surface area (Å²) in [4.78, 5) is 14.7. The number of carbonyl (C=O) groups excluding carboxylic acids is 1. The van der Waals surface area contributed by atoms with E-state index in [1.54, 1.807) is 0 Å². The van der Waals surface area contributed by atoms with Crippen LogP contribution in [-0.4, -0.2) is 42.9 Å². The topological polar surface area (TPSA) is 87.1 Å². The SMILES string of the molecule is CCO[C@H]1COC[C@@H]1NC(=O)c1cc(C#N)c[nH]1. The lowest BCUT2D eigenvalue weighted by Gasteiger charge is -2.18. The summed E-state index contributed by atoms with van der Waals surface area (Å²) in [5.74, 6) is -0.253. The fourth-order valence-corrected chi connectivity index (χ4v) is 1.88. The van der Waals surface area contributed by atoms with Crippen molar-refractivity contribution in [1.29, 1.82) is 5.26 Å². The monoisotopic (exact) mass is 249 g/mol. The zero-order valence-corrected chi connectivity index (χ0v) is 10.1. The second-order valence-corrected chi connectivity index (χ2v) is 4.03. The van der Waals surface area contributed by atoms with Gasteiger partial charge in [-0.15, -0.1) is 0 Å². The first-order valence-electron chi connectivity index (χ1n) is 5.83. The van der Waals surface area contributed by atoms with Crippen molar-refractivity contribution in [3.05, 3.63) is 23.5 Å². The number of aromatic nitrogens is 1. The molecule has 0 aromatic carbocycles. The van der Waals surface area contributed by atoms with Crippen molar-refractivity contribution in [1.82, 2.24) is 10.3 Å². The Balaban J connectivity index is 1.96. The third kappa shape index (κ3) is 2.70. The summed E-state index contributed by atoms with van der Waals surface area (Å²) in [5, 5.41) is 11.5. The zero-order valence-electron chi connectivity index (χ0n) is 10.1. The normalized spacial score (nSPS) is 22.7. The van der Waals surface area contributed by atoms with Crippen LogP contribution in [0.2, 0.25) is 0 Å². The Bertz CT molecular complexity index is 463. The van der Waals surface area contributed by atoms with Crippen molar-refractivity contribution < 1.29 is 14.3 Å². The number of H-pyrrole nitrogens is 1.